The molecule has 0 aliphatic rings. The van der Waals surface area contributed by atoms with Gasteiger partial charge in [-0.2, -0.15) is 0 Å². The summed E-state index contributed by atoms with van der Waals surface area (Å²) in [7, 11) is 1.38. The lowest BCUT2D eigenvalue weighted by Gasteiger charge is -2.09. The number of ether oxygens (including phenoxy) is 2. The summed E-state index contributed by atoms with van der Waals surface area (Å²) in [5.41, 5.74) is 2.59. The Labute approximate surface area is 66.8 Å². The fourth-order valence-electron chi connectivity index (χ4n) is 0.500. The molecule has 3 nitrogen and oxygen atoms in total. The maximum absolute atomic E-state index is 7.03. The molecule has 0 aromatic rings. The maximum Gasteiger partial charge on any atom is 0.386 e. The van der Waals surface area contributed by atoms with E-state index in [-0.39, 0.29) is 12.0 Å². The molecule has 0 saturated carbocycles. The van der Waals surface area contributed by atoms with Crippen molar-refractivity contribution in [2.75, 3.05) is 7.11 Å². The topological polar surface area (TPSA) is 42.3 Å². The van der Waals surface area contributed by atoms with Gasteiger partial charge in [0.1, 0.15) is 0 Å². The smallest absolute Gasteiger partial charge is 0.386 e. The van der Waals surface area contributed by atoms with Gasteiger partial charge in [-0.15, -0.1) is 0 Å². The third-order valence-electron chi connectivity index (χ3n) is 1.09. The van der Waals surface area contributed by atoms with Gasteiger partial charge in [0, 0.05) is 5.92 Å². The first kappa shape index (κ1) is 9.79. The van der Waals surface area contributed by atoms with Crippen LogP contribution in [0.15, 0.2) is 18.1 Å². The molecule has 62 valence electrons. The van der Waals surface area contributed by atoms with E-state index in [0.29, 0.717) is 5.76 Å². The van der Waals surface area contributed by atoms with Crippen LogP contribution < -0.4 is 0 Å². The van der Waals surface area contributed by atoms with E-state index >= 15 is 0 Å². The summed E-state index contributed by atoms with van der Waals surface area (Å²) in [6.45, 7) is 7.28. The number of allylic oxidation sites excluding steroid dienone is 1. The summed E-state index contributed by atoms with van der Waals surface area (Å²) in [6, 6.07) is 0. The van der Waals surface area contributed by atoms with Crippen LogP contribution in [-0.4, -0.2) is 13.2 Å². The molecule has 0 heterocycles. The Morgan fingerprint density at radius 1 is 1.55 bits per heavy atom. The fraction of sp³-hybridized carbons (Fsp3) is 0.500. The minimum atomic E-state index is -0.232. The molecule has 3 heteroatoms. The van der Waals surface area contributed by atoms with Crippen LogP contribution in [0.3, 0.4) is 0 Å². The lowest BCUT2D eigenvalue weighted by atomic mass is 10.2. The zero-order chi connectivity index (χ0) is 8.85. The lowest BCUT2D eigenvalue weighted by molar-refractivity contribution is 0.228. The van der Waals surface area contributed by atoms with Crippen molar-refractivity contribution in [3.63, 3.8) is 0 Å². The van der Waals surface area contributed by atoms with Gasteiger partial charge in [-0.3, -0.25) is 0 Å². The van der Waals surface area contributed by atoms with Crippen molar-refractivity contribution in [3.8, 4) is 0 Å². The summed E-state index contributed by atoms with van der Waals surface area (Å²) in [5.74, 6) is 0.694. The van der Waals surface area contributed by atoms with Crippen LogP contribution in [0.4, 0.5) is 0 Å². The first-order valence-corrected chi connectivity index (χ1v) is 3.32. The van der Waals surface area contributed by atoms with E-state index in [1.807, 2.05) is 13.8 Å². The van der Waals surface area contributed by atoms with Gasteiger partial charge in [0.05, 0.1) is 7.11 Å². The summed E-state index contributed by atoms with van der Waals surface area (Å²) in [4.78, 5) is 0. The molecule has 0 aromatic carbocycles. The SMILES string of the molecule is C=C=C(OC(=N)OC)C(C)C. The molecular formula is C8H13NO2. The van der Waals surface area contributed by atoms with E-state index in [2.05, 4.69) is 17.0 Å². The Kier molecular flexibility index (Phi) is 4.08. The summed E-state index contributed by atoms with van der Waals surface area (Å²) >= 11 is 0. The van der Waals surface area contributed by atoms with E-state index in [9.17, 15) is 0 Å². The third-order valence-corrected chi connectivity index (χ3v) is 1.09. The van der Waals surface area contributed by atoms with Gasteiger partial charge in [-0.25, -0.2) is 5.41 Å². The molecule has 0 amide bonds. The van der Waals surface area contributed by atoms with Gasteiger partial charge < -0.3 is 9.47 Å². The van der Waals surface area contributed by atoms with Crippen molar-refractivity contribution < 1.29 is 9.47 Å². The molecular weight excluding hydrogens is 142 g/mol. The van der Waals surface area contributed by atoms with Gasteiger partial charge >= 0.3 is 6.08 Å². The molecule has 0 aliphatic carbocycles. The molecule has 0 unspecified atom stereocenters. The molecule has 0 radical (unpaired) electrons. The Balaban J connectivity index is 4.12. The van der Waals surface area contributed by atoms with Crippen LogP contribution in [0, 0.1) is 11.3 Å². The lowest BCUT2D eigenvalue weighted by Crippen LogP contribution is -2.08. The van der Waals surface area contributed by atoms with Crippen LogP contribution >= 0.6 is 0 Å². The van der Waals surface area contributed by atoms with Crippen LogP contribution in [0.2, 0.25) is 0 Å². The first-order valence-electron chi connectivity index (χ1n) is 3.32. The monoisotopic (exact) mass is 155 g/mol. The Hall–Kier alpha value is -1.21. The predicted molar refractivity (Wildman–Crippen MR) is 43.3 cm³/mol. The quantitative estimate of drug-likeness (QED) is 0.286. The second-order valence-corrected chi connectivity index (χ2v) is 2.29. The highest BCUT2D eigenvalue weighted by Crippen LogP contribution is 2.09. The van der Waals surface area contributed by atoms with Crippen LogP contribution in [0.25, 0.3) is 0 Å². The molecule has 11 heavy (non-hydrogen) atoms. The molecule has 0 aromatic heterocycles. The van der Waals surface area contributed by atoms with Crippen molar-refractivity contribution in [3.05, 3.63) is 18.1 Å². The zero-order valence-corrected chi connectivity index (χ0v) is 7.10. The van der Waals surface area contributed by atoms with Crippen LogP contribution in [0.1, 0.15) is 13.8 Å². The van der Waals surface area contributed by atoms with Crippen molar-refractivity contribution >= 4 is 6.08 Å². The Bertz CT molecular complexity index is 190. The van der Waals surface area contributed by atoms with Crippen molar-refractivity contribution in [1.82, 2.24) is 0 Å². The number of hydrogen-bond donors (Lipinski definition) is 1. The molecule has 1 N–H and O–H groups in total. The van der Waals surface area contributed by atoms with E-state index in [0.717, 1.165) is 0 Å². The van der Waals surface area contributed by atoms with Crippen LogP contribution in [0.5, 0.6) is 0 Å². The molecule has 0 rings (SSSR count). The molecule has 0 saturated heterocycles. The molecule has 0 atom stereocenters. The number of rotatable bonds is 2. The van der Waals surface area contributed by atoms with E-state index in [4.69, 9.17) is 10.1 Å². The number of nitrogens with one attached hydrogen (secondary N) is 1. The number of methoxy groups -OCH3 is 1. The highest BCUT2D eigenvalue weighted by atomic mass is 16.7. The minimum absolute atomic E-state index is 0.169. The summed E-state index contributed by atoms with van der Waals surface area (Å²) < 4.78 is 9.42. The summed E-state index contributed by atoms with van der Waals surface area (Å²) in [5, 5.41) is 7.03. The van der Waals surface area contributed by atoms with E-state index < -0.39 is 0 Å². The highest BCUT2D eigenvalue weighted by Gasteiger charge is 2.06. The Morgan fingerprint density at radius 3 is 2.36 bits per heavy atom. The molecule has 0 fully saturated rings. The van der Waals surface area contributed by atoms with Gasteiger partial charge in [0.25, 0.3) is 0 Å². The first-order chi connectivity index (χ1) is 5.11. The molecule has 0 spiro atoms. The summed E-state index contributed by atoms with van der Waals surface area (Å²) in [6.07, 6.45) is -0.232. The minimum Gasteiger partial charge on any atom is -0.454 e. The van der Waals surface area contributed by atoms with E-state index in [1.54, 1.807) is 0 Å². The van der Waals surface area contributed by atoms with Gasteiger partial charge in [0.2, 0.25) is 0 Å². The fourth-order valence-corrected chi connectivity index (χ4v) is 0.500. The van der Waals surface area contributed by atoms with Gasteiger partial charge in [-0.05, 0) is 0 Å². The second-order valence-electron chi connectivity index (χ2n) is 2.29. The van der Waals surface area contributed by atoms with Gasteiger partial charge in [0.15, 0.2) is 5.76 Å². The maximum atomic E-state index is 7.03. The number of hydrogen-bond acceptors (Lipinski definition) is 3. The average Bonchev–Trinajstić information content (AvgIpc) is 1.99. The van der Waals surface area contributed by atoms with Crippen LogP contribution in [-0.2, 0) is 9.47 Å². The molecule has 0 bridgehead atoms. The second kappa shape index (κ2) is 4.58. The highest BCUT2D eigenvalue weighted by molar-refractivity contribution is 5.63. The van der Waals surface area contributed by atoms with Crippen molar-refractivity contribution in [2.24, 2.45) is 5.92 Å². The Morgan fingerprint density at radius 2 is 2.09 bits per heavy atom. The molecule has 0 aliphatic heterocycles. The normalized spacial score (nSPS) is 8.73. The zero-order valence-electron chi connectivity index (χ0n) is 7.10. The third kappa shape index (κ3) is 3.48. The largest absolute Gasteiger partial charge is 0.454 e. The predicted octanol–water partition coefficient (Wildman–Crippen LogP) is 1.91. The van der Waals surface area contributed by atoms with Gasteiger partial charge in [-0.1, -0.05) is 26.2 Å². The van der Waals surface area contributed by atoms with Crippen molar-refractivity contribution in [1.29, 1.82) is 5.41 Å². The van der Waals surface area contributed by atoms with E-state index in [1.165, 1.54) is 7.11 Å². The standard InChI is InChI=1S/C8H13NO2/c1-5-7(6(2)3)11-8(9)10-4/h6,9H,1H2,2-4H3. The average molecular weight is 155 g/mol. The van der Waals surface area contributed by atoms with Crippen molar-refractivity contribution in [2.45, 2.75) is 13.8 Å².